The molecule has 1 aliphatic rings. The maximum atomic E-state index is 12.2. The molecule has 0 amide bonds. The van der Waals surface area contributed by atoms with E-state index in [1.54, 1.807) is 32.4 Å². The minimum Gasteiger partial charge on any atom is -0.478 e. The number of nitrogens with one attached hydrogen (secondary N) is 1. The van der Waals surface area contributed by atoms with E-state index in [9.17, 15) is 15.0 Å². The lowest BCUT2D eigenvalue weighted by atomic mass is 9.93. The number of aryl methyl sites for hydroxylation is 1. The number of benzene rings is 1. The van der Waals surface area contributed by atoms with Crippen LogP contribution in [0.5, 0.6) is 0 Å². The number of nitrogens with zero attached hydrogens (tertiary/aromatic N) is 4. The molecule has 0 spiro atoms. The number of ether oxygens (including phenoxy) is 1. The second-order valence-corrected chi connectivity index (χ2v) is 12.1. The van der Waals surface area contributed by atoms with Gasteiger partial charge in [0.1, 0.15) is 17.8 Å². The molecule has 1 saturated carbocycles. The lowest BCUT2D eigenvalue weighted by Gasteiger charge is -2.27. The Morgan fingerprint density at radius 1 is 1.13 bits per heavy atom. The number of aromatic carboxylic acids is 1. The molecule has 0 aliphatic heterocycles. The minimum atomic E-state index is -1.27. The zero-order valence-corrected chi connectivity index (χ0v) is 23.2. The molecule has 0 saturated heterocycles. The first-order valence-corrected chi connectivity index (χ1v) is 13.5. The van der Waals surface area contributed by atoms with E-state index in [1.807, 2.05) is 30.5 Å². The topological polar surface area (TPSA) is 122 Å². The van der Waals surface area contributed by atoms with Gasteiger partial charge in [0, 0.05) is 34.7 Å². The summed E-state index contributed by atoms with van der Waals surface area (Å²) in [6.07, 6.45) is 8.07. The van der Waals surface area contributed by atoms with Crippen molar-refractivity contribution in [1.29, 1.82) is 0 Å². The van der Waals surface area contributed by atoms with Gasteiger partial charge in [-0.05, 0) is 102 Å². The first-order chi connectivity index (χ1) is 18.4. The lowest BCUT2D eigenvalue weighted by Crippen LogP contribution is -2.32. The summed E-state index contributed by atoms with van der Waals surface area (Å²) in [7, 11) is 0. The van der Waals surface area contributed by atoms with Gasteiger partial charge in [0.2, 0.25) is 0 Å². The van der Waals surface area contributed by atoms with Crippen LogP contribution in [0.3, 0.4) is 0 Å². The first kappa shape index (κ1) is 27.0. The van der Waals surface area contributed by atoms with Crippen molar-refractivity contribution in [3.8, 4) is 0 Å². The summed E-state index contributed by atoms with van der Waals surface area (Å²) in [6, 6.07) is 9.57. The lowest BCUT2D eigenvalue weighted by molar-refractivity contribution is -0.212. The average Bonchev–Trinajstić information content (AvgIpc) is 3.43. The van der Waals surface area contributed by atoms with Gasteiger partial charge in [0.15, 0.2) is 5.79 Å². The fourth-order valence-electron chi connectivity index (χ4n) is 5.71. The molecular weight excluding hydrogens is 494 g/mol. The van der Waals surface area contributed by atoms with Gasteiger partial charge < -0.3 is 24.8 Å². The van der Waals surface area contributed by atoms with E-state index in [-0.39, 0.29) is 23.6 Å². The summed E-state index contributed by atoms with van der Waals surface area (Å²) in [5.41, 5.74) is 2.54. The van der Waals surface area contributed by atoms with E-state index in [2.05, 4.69) is 40.6 Å². The summed E-state index contributed by atoms with van der Waals surface area (Å²) < 4.78 is 8.29. The van der Waals surface area contributed by atoms with E-state index in [1.165, 1.54) is 0 Å². The summed E-state index contributed by atoms with van der Waals surface area (Å²) in [6.45, 7) is 9.51. The van der Waals surface area contributed by atoms with Crippen LogP contribution in [-0.2, 0) is 11.2 Å². The number of carbonyl (C=O) groups is 1. The zero-order valence-electron chi connectivity index (χ0n) is 23.2. The molecule has 4 aromatic rings. The highest BCUT2D eigenvalue weighted by Crippen LogP contribution is 2.42. The van der Waals surface area contributed by atoms with Gasteiger partial charge in [0.05, 0.1) is 17.2 Å². The number of carboxylic acids is 1. The SMILES string of the molecule is CC(C)(C)Nc1ccc2cc(C(=O)O)c(CCC3CC(n4ccc5cncnc54)CC3OC(C)(C)O)cc2n1. The van der Waals surface area contributed by atoms with E-state index in [0.717, 1.165) is 52.6 Å². The van der Waals surface area contributed by atoms with Crippen molar-refractivity contribution in [1.82, 2.24) is 19.5 Å². The smallest absolute Gasteiger partial charge is 0.335 e. The van der Waals surface area contributed by atoms with Gasteiger partial charge in [-0.15, -0.1) is 0 Å². The maximum absolute atomic E-state index is 12.2. The molecule has 3 aromatic heterocycles. The van der Waals surface area contributed by atoms with Crippen LogP contribution in [0, 0.1) is 5.92 Å². The van der Waals surface area contributed by atoms with Gasteiger partial charge in [-0.1, -0.05) is 0 Å². The van der Waals surface area contributed by atoms with E-state index in [4.69, 9.17) is 9.72 Å². The van der Waals surface area contributed by atoms with Gasteiger partial charge in [-0.25, -0.2) is 19.7 Å². The van der Waals surface area contributed by atoms with Crippen molar-refractivity contribution in [3.05, 3.63) is 60.2 Å². The first-order valence-electron chi connectivity index (χ1n) is 13.5. The molecule has 5 rings (SSSR count). The zero-order chi connectivity index (χ0) is 27.9. The molecule has 3 atom stereocenters. The van der Waals surface area contributed by atoms with E-state index in [0.29, 0.717) is 12.0 Å². The van der Waals surface area contributed by atoms with Crippen LogP contribution in [0.1, 0.15) is 75.8 Å². The Morgan fingerprint density at radius 2 is 1.92 bits per heavy atom. The van der Waals surface area contributed by atoms with Crippen LogP contribution in [0.25, 0.3) is 21.9 Å². The van der Waals surface area contributed by atoms with Crippen molar-refractivity contribution in [2.75, 3.05) is 5.32 Å². The molecular formula is C30H37N5O4. The molecule has 3 heterocycles. The Morgan fingerprint density at radius 3 is 2.64 bits per heavy atom. The number of aromatic nitrogens is 4. The summed E-state index contributed by atoms with van der Waals surface area (Å²) in [5.74, 6) is -1.34. The van der Waals surface area contributed by atoms with Crippen LogP contribution in [-0.4, -0.2) is 53.1 Å². The molecule has 206 valence electrons. The van der Waals surface area contributed by atoms with Crippen LogP contribution < -0.4 is 5.32 Å². The third kappa shape index (κ3) is 6.20. The van der Waals surface area contributed by atoms with Crippen LogP contribution in [0.4, 0.5) is 5.82 Å². The Bertz CT molecular complexity index is 1500. The molecule has 1 fully saturated rings. The molecule has 1 aromatic carbocycles. The summed E-state index contributed by atoms with van der Waals surface area (Å²) in [5, 5.41) is 25.6. The predicted molar refractivity (Wildman–Crippen MR) is 151 cm³/mol. The maximum Gasteiger partial charge on any atom is 0.335 e. The third-order valence-corrected chi connectivity index (χ3v) is 7.25. The van der Waals surface area contributed by atoms with Crippen LogP contribution in [0.2, 0.25) is 0 Å². The molecule has 0 radical (unpaired) electrons. The van der Waals surface area contributed by atoms with Gasteiger partial charge in [0.25, 0.3) is 0 Å². The van der Waals surface area contributed by atoms with E-state index < -0.39 is 11.8 Å². The average molecular weight is 532 g/mol. The monoisotopic (exact) mass is 531 g/mol. The number of fused-ring (bicyclic) bond motifs is 2. The van der Waals surface area contributed by atoms with Gasteiger partial charge in [-0.3, -0.25) is 0 Å². The van der Waals surface area contributed by atoms with Crippen molar-refractivity contribution >= 4 is 33.7 Å². The Kier molecular flexibility index (Phi) is 7.07. The number of aliphatic hydroxyl groups is 1. The highest BCUT2D eigenvalue weighted by Gasteiger charge is 2.39. The highest BCUT2D eigenvalue weighted by molar-refractivity contribution is 5.95. The number of pyridine rings is 1. The summed E-state index contributed by atoms with van der Waals surface area (Å²) in [4.78, 5) is 25.6. The second kappa shape index (κ2) is 10.2. The van der Waals surface area contributed by atoms with Crippen molar-refractivity contribution in [2.24, 2.45) is 5.92 Å². The third-order valence-electron chi connectivity index (χ3n) is 7.25. The van der Waals surface area contributed by atoms with Crippen molar-refractivity contribution in [3.63, 3.8) is 0 Å². The molecule has 9 nitrogen and oxygen atoms in total. The summed E-state index contributed by atoms with van der Waals surface area (Å²) >= 11 is 0. The normalized spacial score (nSPS) is 20.1. The quantitative estimate of drug-likeness (QED) is 0.252. The number of hydrogen-bond acceptors (Lipinski definition) is 7. The molecule has 3 unspecified atom stereocenters. The Labute approximate surface area is 228 Å². The fourth-order valence-corrected chi connectivity index (χ4v) is 5.71. The molecule has 39 heavy (non-hydrogen) atoms. The molecule has 9 heteroatoms. The van der Waals surface area contributed by atoms with E-state index >= 15 is 0 Å². The Hall–Kier alpha value is -3.56. The number of rotatable bonds is 8. The standard InChI is InChI=1S/C30H37N5O4/c1-29(2,3)34-26-9-8-19-13-23(28(36)37)18(14-24(19)33-26)6-7-20-12-22(15-25(20)39-30(4,5)38)35-11-10-21-16-31-17-32-27(21)35/h8-11,13-14,16-17,20,22,25,38H,6-7,12,15H2,1-5H3,(H,33,34)(H,36,37). The fraction of sp³-hybridized carbons (Fsp3) is 0.467. The number of carboxylic acid groups (broad SMARTS) is 1. The minimum absolute atomic E-state index is 0.125. The largest absolute Gasteiger partial charge is 0.478 e. The van der Waals surface area contributed by atoms with Crippen molar-refractivity contribution in [2.45, 2.75) is 83.8 Å². The molecule has 1 aliphatic carbocycles. The number of anilines is 1. The number of hydrogen-bond donors (Lipinski definition) is 3. The molecule has 3 N–H and O–H groups in total. The Balaban J connectivity index is 1.41. The van der Waals surface area contributed by atoms with Gasteiger partial charge >= 0.3 is 5.97 Å². The van der Waals surface area contributed by atoms with Crippen LogP contribution in [0.15, 0.2) is 49.1 Å². The highest BCUT2D eigenvalue weighted by atomic mass is 16.6. The van der Waals surface area contributed by atoms with Gasteiger partial charge in [-0.2, -0.15) is 0 Å². The predicted octanol–water partition coefficient (Wildman–Crippen LogP) is 5.59. The van der Waals surface area contributed by atoms with Crippen molar-refractivity contribution < 1.29 is 19.7 Å². The van der Waals surface area contributed by atoms with Crippen LogP contribution >= 0.6 is 0 Å². The molecule has 0 bridgehead atoms. The second-order valence-electron chi connectivity index (χ2n) is 12.1.